The van der Waals surface area contributed by atoms with Crippen molar-refractivity contribution in [3.63, 3.8) is 0 Å². The van der Waals surface area contributed by atoms with Crippen molar-refractivity contribution in [3.8, 4) is 11.9 Å². The number of hydrogen-bond acceptors (Lipinski definition) is 9. The number of ether oxygens (including phenoxy) is 1. The number of sulfonamides is 1. The van der Waals surface area contributed by atoms with E-state index in [0.29, 0.717) is 46.9 Å². The summed E-state index contributed by atoms with van der Waals surface area (Å²) in [5.41, 5.74) is 3.25. The molecule has 2 aliphatic heterocycles. The number of anilines is 1. The van der Waals surface area contributed by atoms with Crippen LogP contribution in [-0.2, 0) is 21.2 Å². The lowest BCUT2D eigenvalue weighted by Crippen LogP contribution is -2.31. The number of thioether (sulfide) groups is 1. The first-order valence-electron chi connectivity index (χ1n) is 11.9. The number of nitrogens with one attached hydrogen (secondary N) is 2. The largest absolute Gasteiger partial charge is 0.481 e. The zero-order valence-electron chi connectivity index (χ0n) is 20.2. The Bertz CT molecular complexity index is 1510. The van der Waals surface area contributed by atoms with Crippen molar-refractivity contribution < 1.29 is 17.9 Å². The molecule has 0 saturated carbocycles. The van der Waals surface area contributed by atoms with Crippen LogP contribution in [0.1, 0.15) is 17.5 Å². The Labute approximate surface area is 219 Å². The third-order valence-electron chi connectivity index (χ3n) is 6.63. The number of nitriles is 1. The molecule has 0 radical (unpaired) electrons. The zero-order valence-corrected chi connectivity index (χ0v) is 21.9. The zero-order chi connectivity index (χ0) is 26.0. The summed E-state index contributed by atoms with van der Waals surface area (Å²) < 4.78 is 33.8. The standard InChI is InChI=1S/C25H26N6O4S2/c1-35-24-5-3-20-25(30-24)19(17(11-26)13-27-20)7-9-31-8-6-16(14-31)12-28-37(33,34)18-2-4-22-21(10-18)29-23(32)15-36-22/h2-5,10,13,16,28H,6-9,12,14-15H2,1H3,(H,29,32). The van der Waals surface area contributed by atoms with Crippen molar-refractivity contribution in [1.82, 2.24) is 19.6 Å². The lowest BCUT2D eigenvalue weighted by atomic mass is 10.0. The normalized spacial score (nSPS) is 17.8. The fraction of sp³-hybridized carbons (Fsp3) is 0.360. The molecule has 10 nitrogen and oxygen atoms in total. The molecular weight excluding hydrogens is 512 g/mol. The van der Waals surface area contributed by atoms with Gasteiger partial charge < -0.3 is 15.0 Å². The summed E-state index contributed by atoms with van der Waals surface area (Å²) in [5.74, 6) is 0.836. The van der Waals surface area contributed by atoms with Gasteiger partial charge in [0.15, 0.2) is 0 Å². The van der Waals surface area contributed by atoms with E-state index < -0.39 is 10.0 Å². The van der Waals surface area contributed by atoms with Crippen molar-refractivity contribution in [1.29, 1.82) is 5.26 Å². The van der Waals surface area contributed by atoms with Crippen LogP contribution in [0.4, 0.5) is 5.69 Å². The molecule has 2 aliphatic rings. The van der Waals surface area contributed by atoms with E-state index in [1.165, 1.54) is 17.8 Å². The van der Waals surface area contributed by atoms with Crippen LogP contribution in [0.2, 0.25) is 0 Å². The van der Waals surface area contributed by atoms with E-state index in [9.17, 15) is 18.5 Å². The van der Waals surface area contributed by atoms with Crippen molar-refractivity contribution >= 4 is 44.4 Å². The van der Waals surface area contributed by atoms with E-state index in [-0.39, 0.29) is 16.7 Å². The summed E-state index contributed by atoms with van der Waals surface area (Å²) in [6.07, 6.45) is 3.07. The topological polar surface area (TPSA) is 137 Å². The second-order valence-corrected chi connectivity index (χ2v) is 11.8. The maximum Gasteiger partial charge on any atom is 0.240 e. The monoisotopic (exact) mass is 538 g/mol. The molecule has 5 rings (SSSR count). The summed E-state index contributed by atoms with van der Waals surface area (Å²) in [6, 6.07) is 10.6. The predicted molar refractivity (Wildman–Crippen MR) is 140 cm³/mol. The Morgan fingerprint density at radius 1 is 1.32 bits per heavy atom. The number of nitrogens with zero attached hydrogens (tertiary/aromatic N) is 4. The number of pyridine rings is 2. The second kappa shape index (κ2) is 10.6. The minimum Gasteiger partial charge on any atom is -0.481 e. The second-order valence-electron chi connectivity index (χ2n) is 9.04. The molecule has 2 aromatic heterocycles. The molecule has 4 heterocycles. The molecule has 2 N–H and O–H groups in total. The van der Waals surface area contributed by atoms with Gasteiger partial charge in [0.05, 0.1) is 40.0 Å². The van der Waals surface area contributed by atoms with Gasteiger partial charge >= 0.3 is 0 Å². The van der Waals surface area contributed by atoms with Crippen LogP contribution in [0.25, 0.3) is 11.0 Å². The number of likely N-dealkylation sites (tertiary alicyclic amines) is 1. The first-order chi connectivity index (χ1) is 17.9. The molecule has 1 fully saturated rings. The smallest absolute Gasteiger partial charge is 0.240 e. The summed E-state index contributed by atoms with van der Waals surface area (Å²) >= 11 is 1.39. The predicted octanol–water partition coefficient (Wildman–Crippen LogP) is 2.40. The van der Waals surface area contributed by atoms with Gasteiger partial charge in [0.1, 0.15) is 6.07 Å². The highest BCUT2D eigenvalue weighted by molar-refractivity contribution is 8.00. The van der Waals surface area contributed by atoms with Crippen LogP contribution in [-0.4, -0.2) is 68.2 Å². The van der Waals surface area contributed by atoms with E-state index >= 15 is 0 Å². The maximum absolute atomic E-state index is 12.9. The van der Waals surface area contributed by atoms with Crippen LogP contribution >= 0.6 is 11.8 Å². The highest BCUT2D eigenvalue weighted by Crippen LogP contribution is 2.33. The van der Waals surface area contributed by atoms with Gasteiger partial charge in [-0.15, -0.1) is 11.8 Å². The van der Waals surface area contributed by atoms with Gasteiger partial charge in [0.25, 0.3) is 0 Å². The van der Waals surface area contributed by atoms with E-state index in [1.807, 2.05) is 6.07 Å². The minimum absolute atomic E-state index is 0.136. The van der Waals surface area contributed by atoms with Crippen LogP contribution in [0.15, 0.2) is 46.3 Å². The molecule has 1 atom stereocenters. The number of rotatable bonds is 8. The summed E-state index contributed by atoms with van der Waals surface area (Å²) in [5, 5.41) is 12.3. The van der Waals surface area contributed by atoms with Gasteiger partial charge in [-0.1, -0.05) is 0 Å². The SMILES string of the molecule is COc1ccc2ncc(C#N)c(CCN3CCC(CNS(=O)(=O)c4ccc5c(c4)NC(=O)CS5)C3)c2n1. The Morgan fingerprint density at radius 3 is 3.00 bits per heavy atom. The van der Waals surface area contributed by atoms with Crippen molar-refractivity contribution in [2.45, 2.75) is 22.6 Å². The molecule has 0 bridgehead atoms. The third kappa shape index (κ3) is 5.55. The fourth-order valence-corrected chi connectivity index (χ4v) is 6.59. The molecule has 12 heteroatoms. The van der Waals surface area contributed by atoms with Gasteiger partial charge in [0, 0.05) is 42.4 Å². The van der Waals surface area contributed by atoms with E-state index in [0.717, 1.165) is 36.5 Å². The minimum atomic E-state index is -3.70. The van der Waals surface area contributed by atoms with Crippen molar-refractivity contribution in [3.05, 3.63) is 47.7 Å². The number of aromatic nitrogens is 2. The van der Waals surface area contributed by atoms with E-state index in [2.05, 4.69) is 31.0 Å². The fourth-order valence-electron chi connectivity index (χ4n) is 4.66. The number of carbonyl (C=O) groups excluding carboxylic acids is 1. The lowest BCUT2D eigenvalue weighted by molar-refractivity contribution is -0.113. The third-order valence-corrected chi connectivity index (χ3v) is 9.12. The highest BCUT2D eigenvalue weighted by atomic mass is 32.2. The van der Waals surface area contributed by atoms with Gasteiger partial charge in [-0.2, -0.15) is 5.26 Å². The van der Waals surface area contributed by atoms with Gasteiger partial charge in [-0.25, -0.2) is 18.1 Å². The number of benzene rings is 1. The Morgan fingerprint density at radius 2 is 2.19 bits per heavy atom. The lowest BCUT2D eigenvalue weighted by Gasteiger charge is -2.18. The van der Waals surface area contributed by atoms with E-state index in [4.69, 9.17) is 4.74 Å². The summed E-state index contributed by atoms with van der Waals surface area (Å²) in [4.78, 5) is 23.8. The van der Waals surface area contributed by atoms with Gasteiger partial charge in [0.2, 0.25) is 21.8 Å². The van der Waals surface area contributed by atoms with Crippen LogP contribution in [0.5, 0.6) is 5.88 Å². The van der Waals surface area contributed by atoms with Gasteiger partial charge in [-0.05, 0) is 49.6 Å². The molecule has 1 saturated heterocycles. The molecule has 3 aromatic rings. The van der Waals surface area contributed by atoms with E-state index in [1.54, 1.807) is 31.5 Å². The summed E-state index contributed by atoms with van der Waals surface area (Å²) in [7, 11) is -2.15. The maximum atomic E-state index is 12.9. The Kier molecular flexibility index (Phi) is 7.30. The van der Waals surface area contributed by atoms with Crippen molar-refractivity contribution in [2.24, 2.45) is 5.92 Å². The average molecular weight is 539 g/mol. The summed E-state index contributed by atoms with van der Waals surface area (Å²) in [6.45, 7) is 2.65. The number of carbonyl (C=O) groups is 1. The highest BCUT2D eigenvalue weighted by Gasteiger charge is 2.26. The van der Waals surface area contributed by atoms with Crippen LogP contribution in [0.3, 0.4) is 0 Å². The first kappa shape index (κ1) is 25.4. The van der Waals surface area contributed by atoms with Crippen LogP contribution in [0, 0.1) is 17.2 Å². The number of amides is 1. The molecule has 0 spiro atoms. The molecule has 37 heavy (non-hydrogen) atoms. The quantitative estimate of drug-likeness (QED) is 0.443. The molecule has 1 unspecified atom stereocenters. The molecular formula is C25H26N6O4S2. The van der Waals surface area contributed by atoms with Crippen LogP contribution < -0.4 is 14.8 Å². The Balaban J connectivity index is 1.20. The first-order valence-corrected chi connectivity index (χ1v) is 14.3. The number of fused-ring (bicyclic) bond motifs is 2. The molecule has 192 valence electrons. The molecule has 1 aromatic carbocycles. The average Bonchev–Trinajstić information content (AvgIpc) is 3.37. The molecule has 1 amide bonds. The molecule has 0 aliphatic carbocycles. The Hall–Kier alpha value is -3.24. The number of methoxy groups -OCH3 is 1. The van der Waals surface area contributed by atoms with Gasteiger partial charge in [-0.3, -0.25) is 9.78 Å². The number of hydrogen-bond donors (Lipinski definition) is 2. The van der Waals surface area contributed by atoms with Crippen molar-refractivity contribution in [2.75, 3.05) is 44.4 Å².